The fourth-order valence-corrected chi connectivity index (χ4v) is 8.47. The molecule has 0 amide bonds. The summed E-state index contributed by atoms with van der Waals surface area (Å²) in [6.45, 7) is 0. The van der Waals surface area contributed by atoms with E-state index in [1.807, 2.05) is 84.9 Å². The van der Waals surface area contributed by atoms with Gasteiger partial charge >= 0.3 is 0 Å². The number of hydrogen-bond donors (Lipinski definition) is 0. The molecule has 11 rings (SSSR count). The van der Waals surface area contributed by atoms with Gasteiger partial charge in [0.2, 0.25) is 0 Å². The molecule has 0 fully saturated rings. The highest BCUT2D eigenvalue weighted by Gasteiger charge is 2.26. The molecule has 0 saturated heterocycles. The van der Waals surface area contributed by atoms with E-state index in [9.17, 15) is 5.26 Å². The maximum atomic E-state index is 11.2. The minimum atomic E-state index is 0.498. The van der Waals surface area contributed by atoms with E-state index in [4.69, 9.17) is 15.0 Å². The Bertz CT molecular complexity index is 3320. The van der Waals surface area contributed by atoms with E-state index in [0.29, 0.717) is 23.0 Å². The molecule has 0 aliphatic rings. The van der Waals surface area contributed by atoms with Crippen LogP contribution in [0.4, 0.5) is 0 Å². The van der Waals surface area contributed by atoms with Crippen molar-refractivity contribution in [3.05, 3.63) is 200 Å². The van der Waals surface area contributed by atoms with Gasteiger partial charge < -0.3 is 9.13 Å². The molecule has 0 aliphatic carbocycles. The first kappa shape index (κ1) is 33.2. The van der Waals surface area contributed by atoms with Gasteiger partial charge in [-0.2, -0.15) is 5.26 Å². The lowest BCUT2D eigenvalue weighted by molar-refractivity contribution is 1.07. The number of para-hydroxylation sites is 4. The highest BCUT2D eigenvalue weighted by atomic mass is 15.0. The number of nitriles is 1. The summed E-state index contributed by atoms with van der Waals surface area (Å²) in [6, 6.07) is 69.1. The van der Waals surface area contributed by atoms with Gasteiger partial charge in [-0.3, -0.25) is 0 Å². The number of hydrogen-bond acceptors (Lipinski definition) is 4. The molecule has 8 aromatic carbocycles. The maximum Gasteiger partial charge on any atom is 0.164 e. The van der Waals surface area contributed by atoms with Crippen LogP contribution in [0.25, 0.3) is 100 Å². The van der Waals surface area contributed by atoms with Crippen LogP contribution in [0.1, 0.15) is 5.56 Å². The predicted molar refractivity (Wildman–Crippen MR) is 235 cm³/mol. The van der Waals surface area contributed by atoms with Crippen LogP contribution in [-0.4, -0.2) is 24.1 Å². The van der Waals surface area contributed by atoms with Gasteiger partial charge in [0.05, 0.1) is 33.7 Å². The van der Waals surface area contributed by atoms with Gasteiger partial charge in [-0.05, 0) is 48.5 Å². The molecule has 6 nitrogen and oxygen atoms in total. The number of fused-ring (bicyclic) bond motifs is 6. The number of benzene rings is 8. The molecule has 58 heavy (non-hydrogen) atoms. The van der Waals surface area contributed by atoms with E-state index in [2.05, 4.69) is 124 Å². The highest BCUT2D eigenvalue weighted by Crippen LogP contribution is 2.47. The summed E-state index contributed by atoms with van der Waals surface area (Å²) in [5.74, 6) is 1.64. The Morgan fingerprint density at radius 1 is 0.397 bits per heavy atom. The summed E-state index contributed by atoms with van der Waals surface area (Å²) in [6.07, 6.45) is 0. The first-order chi connectivity index (χ1) is 28.7. The molecule has 3 aromatic heterocycles. The van der Waals surface area contributed by atoms with Crippen LogP contribution in [0, 0.1) is 11.3 Å². The molecule has 6 heteroatoms. The predicted octanol–water partition coefficient (Wildman–Crippen LogP) is 12.6. The standard InChI is InChI=1S/C52H32N6/c53-33-37-31-36(52-55-50(34-17-5-1-6-18-34)54-51(56-52)35-19-7-2-8-20-35)29-30-40(37)48-47-42-26-14-16-28-45(42)57(38-21-9-3-10-22-38)46(47)32-43-41-25-13-15-27-44(41)58(49(43)48)39-23-11-4-12-24-39/h1-32H. The van der Waals surface area contributed by atoms with Gasteiger partial charge in [-0.25, -0.2) is 15.0 Å². The molecule has 0 bridgehead atoms. The number of aromatic nitrogens is 5. The van der Waals surface area contributed by atoms with E-state index in [1.54, 1.807) is 0 Å². The zero-order valence-corrected chi connectivity index (χ0v) is 31.2. The first-order valence-corrected chi connectivity index (χ1v) is 19.3. The third kappa shape index (κ3) is 5.30. The lowest BCUT2D eigenvalue weighted by Crippen LogP contribution is -2.01. The third-order valence-corrected chi connectivity index (χ3v) is 11.0. The van der Waals surface area contributed by atoms with Crippen LogP contribution in [0.15, 0.2) is 194 Å². The van der Waals surface area contributed by atoms with Crippen molar-refractivity contribution in [1.29, 1.82) is 5.26 Å². The molecule has 0 aliphatic heterocycles. The van der Waals surface area contributed by atoms with Crippen LogP contribution < -0.4 is 0 Å². The Kier molecular flexibility index (Phi) is 7.76. The van der Waals surface area contributed by atoms with Gasteiger partial charge in [-0.15, -0.1) is 0 Å². The van der Waals surface area contributed by atoms with Crippen molar-refractivity contribution >= 4 is 43.6 Å². The third-order valence-electron chi connectivity index (χ3n) is 11.0. The Balaban J connectivity index is 1.25. The van der Waals surface area contributed by atoms with Gasteiger partial charge in [0, 0.05) is 60.7 Å². The molecule has 0 radical (unpaired) electrons. The van der Waals surface area contributed by atoms with Gasteiger partial charge in [0.25, 0.3) is 0 Å². The van der Waals surface area contributed by atoms with Crippen molar-refractivity contribution in [2.45, 2.75) is 0 Å². The van der Waals surface area contributed by atoms with Gasteiger partial charge in [0.15, 0.2) is 17.5 Å². The fourth-order valence-electron chi connectivity index (χ4n) is 8.47. The molecular weight excluding hydrogens is 709 g/mol. The van der Waals surface area contributed by atoms with Crippen LogP contribution >= 0.6 is 0 Å². The average molecular weight is 741 g/mol. The second-order valence-electron chi connectivity index (χ2n) is 14.3. The van der Waals surface area contributed by atoms with Gasteiger partial charge in [-0.1, -0.05) is 146 Å². The molecular formula is C52H32N6. The van der Waals surface area contributed by atoms with Crippen LogP contribution in [0.5, 0.6) is 0 Å². The topological polar surface area (TPSA) is 72.3 Å². The lowest BCUT2D eigenvalue weighted by Gasteiger charge is -2.16. The van der Waals surface area contributed by atoms with E-state index in [1.165, 1.54) is 0 Å². The quantitative estimate of drug-likeness (QED) is 0.170. The number of nitrogens with zero attached hydrogens (tertiary/aromatic N) is 6. The number of rotatable bonds is 6. The zero-order valence-electron chi connectivity index (χ0n) is 31.2. The van der Waals surface area contributed by atoms with Crippen molar-refractivity contribution < 1.29 is 0 Å². The molecule has 11 aromatic rings. The van der Waals surface area contributed by atoms with Crippen LogP contribution in [-0.2, 0) is 0 Å². The molecule has 270 valence electrons. The largest absolute Gasteiger partial charge is 0.309 e. The second-order valence-corrected chi connectivity index (χ2v) is 14.3. The van der Waals surface area contributed by atoms with E-state index in [-0.39, 0.29) is 0 Å². The minimum absolute atomic E-state index is 0.498. The monoisotopic (exact) mass is 740 g/mol. The Hall–Kier alpha value is -8.14. The SMILES string of the molecule is N#Cc1cc(-c2nc(-c3ccccc3)nc(-c3ccccc3)n2)ccc1-c1c2c3ccccc3n(-c3ccccc3)c2cc2c3ccccc3n(-c3ccccc3)c12. The summed E-state index contributed by atoms with van der Waals surface area (Å²) < 4.78 is 4.71. The summed E-state index contributed by atoms with van der Waals surface area (Å²) in [4.78, 5) is 14.9. The lowest BCUT2D eigenvalue weighted by atomic mass is 9.92. The molecule has 0 atom stereocenters. The van der Waals surface area contributed by atoms with Gasteiger partial charge in [0.1, 0.15) is 0 Å². The average Bonchev–Trinajstić information content (AvgIpc) is 3.82. The van der Waals surface area contributed by atoms with Crippen molar-refractivity contribution in [2.24, 2.45) is 0 Å². The summed E-state index contributed by atoms with van der Waals surface area (Å²) in [5, 5.41) is 15.6. The van der Waals surface area contributed by atoms with Crippen LogP contribution in [0.2, 0.25) is 0 Å². The van der Waals surface area contributed by atoms with Crippen molar-refractivity contribution in [3.63, 3.8) is 0 Å². The molecule has 0 unspecified atom stereocenters. The maximum absolute atomic E-state index is 11.2. The van der Waals surface area contributed by atoms with Crippen molar-refractivity contribution in [3.8, 4) is 62.7 Å². The van der Waals surface area contributed by atoms with E-state index in [0.717, 1.165) is 82.8 Å². The summed E-state index contributed by atoms with van der Waals surface area (Å²) in [5.41, 5.74) is 11.3. The molecule has 0 spiro atoms. The van der Waals surface area contributed by atoms with E-state index < -0.39 is 0 Å². The van der Waals surface area contributed by atoms with Crippen molar-refractivity contribution in [2.75, 3.05) is 0 Å². The van der Waals surface area contributed by atoms with Crippen molar-refractivity contribution in [1.82, 2.24) is 24.1 Å². The Labute approximate surface area is 334 Å². The zero-order chi connectivity index (χ0) is 38.6. The first-order valence-electron chi connectivity index (χ1n) is 19.3. The van der Waals surface area contributed by atoms with Crippen LogP contribution in [0.3, 0.4) is 0 Å². The normalized spacial score (nSPS) is 11.4. The summed E-state index contributed by atoms with van der Waals surface area (Å²) >= 11 is 0. The minimum Gasteiger partial charge on any atom is -0.309 e. The fraction of sp³-hybridized carbons (Fsp3) is 0. The Morgan fingerprint density at radius 2 is 0.879 bits per heavy atom. The van der Waals surface area contributed by atoms with E-state index >= 15 is 0 Å². The second kappa shape index (κ2) is 13.6. The highest BCUT2D eigenvalue weighted by molar-refractivity contribution is 6.27. The smallest absolute Gasteiger partial charge is 0.164 e. The molecule has 3 heterocycles. The Morgan fingerprint density at radius 3 is 1.47 bits per heavy atom. The molecule has 0 N–H and O–H groups in total. The molecule has 0 saturated carbocycles. The summed E-state index contributed by atoms with van der Waals surface area (Å²) in [7, 11) is 0.